The molecule has 6 heteroatoms. The molecular weight excluding hydrogens is 985 g/mol. The number of allylic oxidation sites excluding steroid dienone is 16. The van der Waals surface area contributed by atoms with E-state index in [1.165, 1.54) is 173 Å². The Kier molecular flexibility index (Phi) is 64.7. The summed E-state index contributed by atoms with van der Waals surface area (Å²) in [5, 5.41) is 0. The molecule has 0 aromatic carbocycles. The molecule has 0 saturated carbocycles. The molecule has 6 nitrogen and oxygen atoms in total. The van der Waals surface area contributed by atoms with Gasteiger partial charge in [-0.05, 0) is 83.5 Å². The van der Waals surface area contributed by atoms with Gasteiger partial charge < -0.3 is 14.2 Å². The Hall–Kier alpha value is -3.67. The van der Waals surface area contributed by atoms with Crippen LogP contribution in [-0.2, 0) is 28.6 Å². The van der Waals surface area contributed by atoms with E-state index in [-0.39, 0.29) is 31.1 Å². The summed E-state index contributed by atoms with van der Waals surface area (Å²) >= 11 is 0. The molecule has 0 spiro atoms. The van der Waals surface area contributed by atoms with Crippen LogP contribution in [0.3, 0.4) is 0 Å². The molecule has 0 aromatic heterocycles. The molecule has 0 aliphatic rings. The third-order valence-corrected chi connectivity index (χ3v) is 14.9. The van der Waals surface area contributed by atoms with Crippen LogP contribution in [0.5, 0.6) is 0 Å². The van der Waals surface area contributed by atoms with E-state index in [2.05, 4.69) is 118 Å². The molecule has 1 atom stereocenters. The number of carbonyl (C=O) groups excluding carboxylic acids is 3. The minimum Gasteiger partial charge on any atom is -0.462 e. The Morgan fingerprint density at radius 1 is 0.263 bits per heavy atom. The number of esters is 3. The number of hydrogen-bond acceptors (Lipinski definition) is 6. The molecule has 0 aromatic rings. The maximum absolute atomic E-state index is 12.9. The van der Waals surface area contributed by atoms with E-state index >= 15 is 0 Å². The second-order valence-corrected chi connectivity index (χ2v) is 22.7. The summed E-state index contributed by atoms with van der Waals surface area (Å²) in [5.41, 5.74) is 0. The largest absolute Gasteiger partial charge is 0.462 e. The summed E-state index contributed by atoms with van der Waals surface area (Å²) in [5.74, 6) is -0.887. The summed E-state index contributed by atoms with van der Waals surface area (Å²) in [6.07, 6.45) is 91.7. The van der Waals surface area contributed by atoms with Crippen molar-refractivity contribution in [1.82, 2.24) is 0 Å². The molecule has 0 N–H and O–H groups in total. The molecule has 1 unspecified atom stereocenters. The Morgan fingerprint density at radius 2 is 0.487 bits per heavy atom. The lowest BCUT2D eigenvalue weighted by Gasteiger charge is -2.18. The highest BCUT2D eigenvalue weighted by Crippen LogP contribution is 2.17. The van der Waals surface area contributed by atoms with Gasteiger partial charge in [-0.2, -0.15) is 0 Å². The normalized spacial score (nSPS) is 12.7. The molecule has 0 amide bonds. The van der Waals surface area contributed by atoms with Crippen LogP contribution in [0.4, 0.5) is 0 Å². The molecule has 0 aliphatic heterocycles. The van der Waals surface area contributed by atoms with Crippen LogP contribution in [-0.4, -0.2) is 37.2 Å². The van der Waals surface area contributed by atoms with Gasteiger partial charge in [0, 0.05) is 19.3 Å². The lowest BCUT2D eigenvalue weighted by Crippen LogP contribution is -2.30. The number of unbranched alkanes of at least 4 members (excludes halogenated alkanes) is 35. The predicted octanol–water partition coefficient (Wildman–Crippen LogP) is 23.6. The minimum atomic E-state index is -0.780. The van der Waals surface area contributed by atoms with E-state index in [9.17, 15) is 14.4 Å². The van der Waals surface area contributed by atoms with Crippen molar-refractivity contribution in [2.45, 2.75) is 341 Å². The van der Waals surface area contributed by atoms with E-state index in [1.807, 2.05) is 0 Å². The summed E-state index contributed by atoms with van der Waals surface area (Å²) in [4.78, 5) is 38.1. The molecule has 0 radical (unpaired) electrons. The molecule has 80 heavy (non-hydrogen) atoms. The van der Waals surface area contributed by atoms with Gasteiger partial charge in [0.2, 0.25) is 0 Å². The second-order valence-electron chi connectivity index (χ2n) is 22.7. The van der Waals surface area contributed by atoms with Crippen LogP contribution in [0, 0.1) is 0 Å². The first-order valence-electron chi connectivity index (χ1n) is 34.2. The third kappa shape index (κ3) is 65.1. The van der Waals surface area contributed by atoms with Crippen LogP contribution in [0.2, 0.25) is 0 Å². The van der Waals surface area contributed by atoms with E-state index in [0.717, 1.165) is 122 Å². The zero-order valence-electron chi connectivity index (χ0n) is 52.8. The lowest BCUT2D eigenvalue weighted by molar-refractivity contribution is -0.167. The fourth-order valence-electron chi connectivity index (χ4n) is 9.76. The van der Waals surface area contributed by atoms with E-state index < -0.39 is 6.10 Å². The monoisotopic (exact) mass is 1110 g/mol. The number of carbonyl (C=O) groups is 3. The van der Waals surface area contributed by atoms with Crippen LogP contribution >= 0.6 is 0 Å². The van der Waals surface area contributed by atoms with Crippen LogP contribution in [0.15, 0.2) is 97.2 Å². The van der Waals surface area contributed by atoms with Gasteiger partial charge in [-0.15, -0.1) is 0 Å². The fraction of sp³-hybridized carbons (Fsp3) is 0.743. The standard InChI is InChI=1S/C74H128O6/c1-4-7-10-13-16-18-20-22-24-26-28-30-32-34-35-36-37-38-39-40-42-43-45-47-49-51-53-55-58-61-64-67-73(76)79-70-71(69-78-72(75)66-63-60-57-15-12-9-6-3)80-74(77)68-65-62-59-56-54-52-50-48-46-44-41-33-31-29-27-25-23-21-19-17-14-11-8-5-2/h7,10,16,18,22,24,28,30,34-35,37-38,40,42,45,47,71H,4-6,8-9,11-15,17,19-21,23,25-27,29,31-33,36,39,41,43-44,46,48-70H2,1-3H3/b10-7-,18-16-,24-22-,30-28-,35-34-,38-37-,42-40-,47-45-. The number of hydrogen-bond donors (Lipinski definition) is 0. The van der Waals surface area contributed by atoms with Gasteiger partial charge in [-0.1, -0.05) is 330 Å². The Labute approximate surface area is 496 Å². The SMILES string of the molecule is CC/C=C\C/C=C\C/C=C\C/C=C\C/C=C\C/C=C\C/C=C\C/C=C\CCCCCCCCC(=O)OCC(COC(=O)CCCCCCCCC)OC(=O)CCCCCCCCCCCCCCCCCCCCCCCCCC. The van der Waals surface area contributed by atoms with Gasteiger partial charge in [0.25, 0.3) is 0 Å². The van der Waals surface area contributed by atoms with Crippen LogP contribution in [0.1, 0.15) is 335 Å². The summed E-state index contributed by atoms with van der Waals surface area (Å²) in [6, 6.07) is 0. The number of ether oxygens (including phenoxy) is 3. The molecule has 460 valence electrons. The summed E-state index contributed by atoms with van der Waals surface area (Å²) in [7, 11) is 0. The minimum absolute atomic E-state index is 0.0786. The van der Waals surface area contributed by atoms with Crippen molar-refractivity contribution in [2.75, 3.05) is 13.2 Å². The van der Waals surface area contributed by atoms with Crippen molar-refractivity contribution < 1.29 is 28.6 Å². The maximum Gasteiger partial charge on any atom is 0.306 e. The van der Waals surface area contributed by atoms with Crippen molar-refractivity contribution in [3.05, 3.63) is 97.2 Å². The van der Waals surface area contributed by atoms with Gasteiger partial charge >= 0.3 is 17.9 Å². The van der Waals surface area contributed by atoms with Crippen LogP contribution < -0.4 is 0 Å². The van der Waals surface area contributed by atoms with Gasteiger partial charge in [0.05, 0.1) is 0 Å². The smallest absolute Gasteiger partial charge is 0.306 e. The maximum atomic E-state index is 12.9. The van der Waals surface area contributed by atoms with Gasteiger partial charge in [-0.3, -0.25) is 14.4 Å². The average molecular weight is 1110 g/mol. The van der Waals surface area contributed by atoms with Crippen LogP contribution in [0.25, 0.3) is 0 Å². The van der Waals surface area contributed by atoms with E-state index in [1.54, 1.807) is 0 Å². The fourth-order valence-corrected chi connectivity index (χ4v) is 9.76. The molecule has 0 heterocycles. The molecule has 0 rings (SSSR count). The molecule has 0 bridgehead atoms. The van der Waals surface area contributed by atoms with Gasteiger partial charge in [-0.25, -0.2) is 0 Å². The van der Waals surface area contributed by atoms with Gasteiger partial charge in [0.1, 0.15) is 13.2 Å². The third-order valence-electron chi connectivity index (χ3n) is 14.9. The highest BCUT2D eigenvalue weighted by molar-refractivity contribution is 5.71. The van der Waals surface area contributed by atoms with Gasteiger partial charge in [0.15, 0.2) is 6.10 Å². The molecule has 0 fully saturated rings. The van der Waals surface area contributed by atoms with Crippen molar-refractivity contribution in [1.29, 1.82) is 0 Å². The van der Waals surface area contributed by atoms with Crippen molar-refractivity contribution >= 4 is 17.9 Å². The lowest BCUT2D eigenvalue weighted by atomic mass is 10.0. The van der Waals surface area contributed by atoms with E-state index in [4.69, 9.17) is 14.2 Å². The highest BCUT2D eigenvalue weighted by atomic mass is 16.6. The quantitative estimate of drug-likeness (QED) is 0.0261. The highest BCUT2D eigenvalue weighted by Gasteiger charge is 2.19. The van der Waals surface area contributed by atoms with Crippen molar-refractivity contribution in [3.63, 3.8) is 0 Å². The van der Waals surface area contributed by atoms with Crippen molar-refractivity contribution in [2.24, 2.45) is 0 Å². The Morgan fingerprint density at radius 3 is 0.762 bits per heavy atom. The number of rotatable bonds is 62. The first-order valence-corrected chi connectivity index (χ1v) is 34.2. The predicted molar refractivity (Wildman–Crippen MR) is 348 cm³/mol. The zero-order valence-corrected chi connectivity index (χ0v) is 52.8. The topological polar surface area (TPSA) is 78.9 Å². The Balaban J connectivity index is 4.14. The molecule has 0 aliphatic carbocycles. The summed E-state index contributed by atoms with van der Waals surface area (Å²) in [6.45, 7) is 6.51. The van der Waals surface area contributed by atoms with Crippen molar-refractivity contribution in [3.8, 4) is 0 Å². The molecular formula is C74H128O6. The average Bonchev–Trinajstić information content (AvgIpc) is 3.46. The van der Waals surface area contributed by atoms with E-state index in [0.29, 0.717) is 19.3 Å². The molecule has 0 saturated heterocycles. The Bertz CT molecular complexity index is 1560. The zero-order chi connectivity index (χ0) is 57.8. The first kappa shape index (κ1) is 76.3. The summed E-state index contributed by atoms with van der Waals surface area (Å²) < 4.78 is 16.9. The first-order chi connectivity index (χ1) is 39.5. The second kappa shape index (κ2) is 67.8.